The van der Waals surface area contributed by atoms with Crippen molar-refractivity contribution in [2.75, 3.05) is 25.5 Å². The molecule has 0 spiro atoms. The van der Waals surface area contributed by atoms with Crippen molar-refractivity contribution in [3.63, 3.8) is 0 Å². The van der Waals surface area contributed by atoms with Gasteiger partial charge in [-0.1, -0.05) is 13.3 Å². The van der Waals surface area contributed by atoms with Crippen LogP contribution in [-0.4, -0.2) is 30.6 Å². The quantitative estimate of drug-likeness (QED) is 0.710. The number of nitrogens with two attached hydrogens (primary N) is 1. The predicted molar refractivity (Wildman–Crippen MR) is 78.5 cm³/mol. The number of aryl methyl sites for hydroxylation is 1. The third kappa shape index (κ3) is 4.81. The first-order chi connectivity index (χ1) is 9.69. The molecule has 20 heavy (non-hydrogen) atoms. The van der Waals surface area contributed by atoms with Crippen LogP contribution in [0.4, 0.5) is 5.82 Å². The van der Waals surface area contributed by atoms with E-state index in [0.29, 0.717) is 24.5 Å². The molecule has 0 aromatic carbocycles. The lowest BCUT2D eigenvalue weighted by atomic mass is 10.1. The van der Waals surface area contributed by atoms with Crippen molar-refractivity contribution in [1.82, 2.24) is 10.3 Å². The van der Waals surface area contributed by atoms with Crippen molar-refractivity contribution < 1.29 is 9.53 Å². The molecule has 5 heteroatoms. The summed E-state index contributed by atoms with van der Waals surface area (Å²) < 4.78 is 5.48. The van der Waals surface area contributed by atoms with E-state index in [4.69, 9.17) is 10.5 Å². The monoisotopic (exact) mass is 277 g/mol. The van der Waals surface area contributed by atoms with Crippen LogP contribution in [0.3, 0.4) is 0 Å². The third-order valence-electron chi connectivity index (χ3n) is 3.25. The lowest BCUT2D eigenvalue weighted by Gasteiger charge is -2.08. The smallest absolute Gasteiger partial charge is 0.251 e. The summed E-state index contributed by atoms with van der Waals surface area (Å²) in [6.07, 6.45) is 4.37. The molecule has 110 valence electrons. The van der Waals surface area contributed by atoms with Gasteiger partial charge in [0.2, 0.25) is 0 Å². The number of ether oxygens (including phenoxy) is 1. The Morgan fingerprint density at radius 1 is 1.50 bits per heavy atom. The van der Waals surface area contributed by atoms with E-state index < -0.39 is 0 Å². The molecular formula is C15H23N3O2. The van der Waals surface area contributed by atoms with Crippen LogP contribution >= 0.6 is 0 Å². The number of anilines is 1. The minimum absolute atomic E-state index is 0.119. The van der Waals surface area contributed by atoms with Crippen molar-refractivity contribution >= 4 is 11.7 Å². The molecule has 1 heterocycles. The van der Waals surface area contributed by atoms with Crippen molar-refractivity contribution in [3.05, 3.63) is 23.4 Å². The molecule has 0 aliphatic heterocycles. The topological polar surface area (TPSA) is 77.2 Å². The largest absolute Gasteiger partial charge is 0.384 e. The van der Waals surface area contributed by atoms with E-state index in [1.165, 1.54) is 12.8 Å². The number of carbonyl (C=O) groups is 1. The second-order valence-corrected chi connectivity index (χ2v) is 5.30. The highest BCUT2D eigenvalue weighted by molar-refractivity contribution is 5.94. The number of carbonyl (C=O) groups excluding carboxylic acids is 1. The zero-order chi connectivity index (χ0) is 14.4. The van der Waals surface area contributed by atoms with Gasteiger partial charge in [-0.3, -0.25) is 4.79 Å². The van der Waals surface area contributed by atoms with Gasteiger partial charge in [-0.05, 0) is 37.3 Å². The van der Waals surface area contributed by atoms with Gasteiger partial charge in [0.1, 0.15) is 5.82 Å². The van der Waals surface area contributed by atoms with E-state index in [1.54, 1.807) is 12.1 Å². The lowest BCUT2D eigenvalue weighted by Crippen LogP contribution is -2.27. The van der Waals surface area contributed by atoms with Gasteiger partial charge in [0.25, 0.3) is 5.91 Å². The Hall–Kier alpha value is -1.62. The Bertz CT molecular complexity index is 458. The van der Waals surface area contributed by atoms with Crippen LogP contribution in [0.5, 0.6) is 0 Å². The van der Waals surface area contributed by atoms with Crippen molar-refractivity contribution in [3.8, 4) is 0 Å². The van der Waals surface area contributed by atoms with Gasteiger partial charge in [0.05, 0.1) is 6.61 Å². The Labute approximate surface area is 119 Å². The van der Waals surface area contributed by atoms with Crippen LogP contribution in [0.1, 0.15) is 42.2 Å². The van der Waals surface area contributed by atoms with Gasteiger partial charge in [0.15, 0.2) is 0 Å². The SMILES string of the molecule is CCCc1cc(C(=O)NCCOCC2CC2)cc(N)n1. The average Bonchev–Trinajstić information content (AvgIpc) is 3.22. The molecule has 0 atom stereocenters. The molecule has 0 saturated heterocycles. The lowest BCUT2D eigenvalue weighted by molar-refractivity contribution is 0.0906. The highest BCUT2D eigenvalue weighted by atomic mass is 16.5. The number of hydrogen-bond donors (Lipinski definition) is 2. The fourth-order valence-corrected chi connectivity index (χ4v) is 2.00. The summed E-state index contributed by atoms with van der Waals surface area (Å²) in [4.78, 5) is 16.2. The van der Waals surface area contributed by atoms with Crippen molar-refractivity contribution in [2.24, 2.45) is 5.92 Å². The fraction of sp³-hybridized carbons (Fsp3) is 0.600. The fourth-order valence-electron chi connectivity index (χ4n) is 2.00. The van der Waals surface area contributed by atoms with Gasteiger partial charge >= 0.3 is 0 Å². The maximum atomic E-state index is 12.0. The second-order valence-electron chi connectivity index (χ2n) is 5.30. The first-order valence-corrected chi connectivity index (χ1v) is 7.31. The summed E-state index contributed by atoms with van der Waals surface area (Å²) in [6.45, 7) is 3.97. The molecule has 1 amide bonds. The molecule has 5 nitrogen and oxygen atoms in total. The number of nitrogen functional groups attached to an aromatic ring is 1. The summed E-state index contributed by atoms with van der Waals surface area (Å²) in [5, 5.41) is 2.84. The van der Waals surface area contributed by atoms with Crippen LogP contribution in [0.2, 0.25) is 0 Å². The number of aromatic nitrogens is 1. The average molecular weight is 277 g/mol. The Morgan fingerprint density at radius 2 is 2.30 bits per heavy atom. The second kappa shape index (κ2) is 7.24. The van der Waals surface area contributed by atoms with Crippen molar-refractivity contribution in [2.45, 2.75) is 32.6 Å². The zero-order valence-corrected chi connectivity index (χ0v) is 12.0. The predicted octanol–water partition coefficient (Wildman–Crippen LogP) is 1.77. The van der Waals surface area contributed by atoms with Gasteiger partial charge < -0.3 is 15.8 Å². The summed E-state index contributed by atoms with van der Waals surface area (Å²) in [5.74, 6) is 1.03. The molecule has 1 saturated carbocycles. The number of rotatable bonds is 8. The van der Waals surface area contributed by atoms with Crippen LogP contribution in [-0.2, 0) is 11.2 Å². The minimum atomic E-state index is -0.119. The van der Waals surface area contributed by atoms with Crippen molar-refractivity contribution in [1.29, 1.82) is 0 Å². The van der Waals surface area contributed by atoms with E-state index in [-0.39, 0.29) is 5.91 Å². The first-order valence-electron chi connectivity index (χ1n) is 7.31. The van der Waals surface area contributed by atoms with Crippen LogP contribution < -0.4 is 11.1 Å². The van der Waals surface area contributed by atoms with Crippen LogP contribution in [0, 0.1) is 5.92 Å². The molecule has 1 fully saturated rings. The first kappa shape index (κ1) is 14.8. The number of amides is 1. The van der Waals surface area contributed by atoms with E-state index in [1.807, 2.05) is 0 Å². The molecule has 0 unspecified atom stereocenters. The number of nitrogens with zero attached hydrogens (tertiary/aromatic N) is 1. The standard InChI is InChI=1S/C15H23N3O2/c1-2-3-13-8-12(9-14(16)18-13)15(19)17-6-7-20-10-11-4-5-11/h8-9,11H,2-7,10H2,1H3,(H2,16,18)(H,17,19). The molecule has 3 N–H and O–H groups in total. The van der Waals surface area contributed by atoms with Gasteiger partial charge in [-0.15, -0.1) is 0 Å². The Balaban J connectivity index is 1.78. The summed E-state index contributed by atoms with van der Waals surface area (Å²) in [5.41, 5.74) is 7.16. The molecule has 2 rings (SSSR count). The maximum absolute atomic E-state index is 12.0. The number of nitrogens with one attached hydrogen (secondary N) is 1. The van der Waals surface area contributed by atoms with E-state index in [2.05, 4.69) is 17.2 Å². The maximum Gasteiger partial charge on any atom is 0.251 e. The molecule has 1 aliphatic carbocycles. The van der Waals surface area contributed by atoms with E-state index >= 15 is 0 Å². The van der Waals surface area contributed by atoms with E-state index in [9.17, 15) is 4.79 Å². The summed E-state index contributed by atoms with van der Waals surface area (Å²) in [6, 6.07) is 3.42. The Kier molecular flexibility index (Phi) is 5.35. The normalized spacial score (nSPS) is 14.2. The van der Waals surface area contributed by atoms with E-state index in [0.717, 1.165) is 31.1 Å². The zero-order valence-electron chi connectivity index (χ0n) is 12.0. The highest BCUT2D eigenvalue weighted by Crippen LogP contribution is 2.28. The minimum Gasteiger partial charge on any atom is -0.384 e. The molecular weight excluding hydrogens is 254 g/mol. The van der Waals surface area contributed by atoms with Crippen LogP contribution in [0.15, 0.2) is 12.1 Å². The number of pyridine rings is 1. The van der Waals surface area contributed by atoms with Gasteiger partial charge in [-0.25, -0.2) is 4.98 Å². The molecule has 0 radical (unpaired) electrons. The van der Waals surface area contributed by atoms with Gasteiger partial charge in [0, 0.05) is 24.4 Å². The molecule has 1 aromatic rings. The Morgan fingerprint density at radius 3 is 3.00 bits per heavy atom. The molecule has 1 aliphatic rings. The van der Waals surface area contributed by atoms with Gasteiger partial charge in [-0.2, -0.15) is 0 Å². The summed E-state index contributed by atoms with van der Waals surface area (Å²) in [7, 11) is 0. The molecule has 1 aromatic heterocycles. The third-order valence-corrected chi connectivity index (χ3v) is 3.25. The molecule has 0 bridgehead atoms. The number of hydrogen-bond acceptors (Lipinski definition) is 4. The summed E-state index contributed by atoms with van der Waals surface area (Å²) >= 11 is 0. The van der Waals surface area contributed by atoms with Crippen LogP contribution in [0.25, 0.3) is 0 Å². The highest BCUT2D eigenvalue weighted by Gasteiger charge is 2.20.